The molecule has 0 spiro atoms. The number of rotatable bonds is 0. The summed E-state index contributed by atoms with van der Waals surface area (Å²) in [5, 5.41) is 14.8. The molecule has 0 saturated heterocycles. The van der Waals surface area contributed by atoms with Crippen LogP contribution in [0.1, 0.15) is 78.1 Å². The van der Waals surface area contributed by atoms with Gasteiger partial charge in [0.2, 0.25) is 0 Å². The molecule has 23 heavy (non-hydrogen) atoms. The molecule has 0 unspecified atom stereocenters. The van der Waals surface area contributed by atoms with Crippen molar-refractivity contribution in [1.29, 1.82) is 0 Å². The van der Waals surface area contributed by atoms with Crippen LogP contribution in [0, 0.1) is 0 Å². The monoisotopic (exact) mass is 424 g/mol. The molecule has 0 bridgehead atoms. The van der Waals surface area contributed by atoms with Gasteiger partial charge in [0, 0.05) is 46.4 Å². The fraction of sp³-hybridized carbons (Fsp3) is 0.875. The smallest absolute Gasteiger partial charge is 0.300 e. The summed E-state index contributed by atoms with van der Waals surface area (Å²) in [5.74, 6) is -1.67. The van der Waals surface area contributed by atoms with Crippen molar-refractivity contribution in [3.63, 3.8) is 0 Å². The second kappa shape index (κ2) is 19.6. The molecule has 0 heterocycles. The Morgan fingerprint density at radius 1 is 0.696 bits per heavy atom. The Kier molecular flexibility index (Phi) is 23.3. The minimum Gasteiger partial charge on any atom is -0.481 e. The molecule has 0 amide bonds. The largest absolute Gasteiger partial charge is 0.481 e. The molecule has 0 radical (unpaired) electrons. The van der Waals surface area contributed by atoms with Gasteiger partial charge in [-0.15, -0.1) is 0 Å². The summed E-state index contributed by atoms with van der Waals surface area (Å²) >= 11 is 0. The van der Waals surface area contributed by atoms with Crippen molar-refractivity contribution in [1.82, 2.24) is 0 Å². The molecule has 142 valence electrons. The molecule has 2 aliphatic carbocycles. The van der Waals surface area contributed by atoms with Crippen LogP contribution in [0.4, 0.5) is 0 Å². The minimum atomic E-state index is -0.833. The van der Waals surface area contributed by atoms with Gasteiger partial charge in [0.1, 0.15) is 0 Å². The maximum Gasteiger partial charge on any atom is 0.300 e. The predicted molar refractivity (Wildman–Crippen MR) is 88.7 cm³/mol. The van der Waals surface area contributed by atoms with Crippen LogP contribution in [-0.2, 0) is 30.0 Å². The molecule has 0 aromatic carbocycles. The molecule has 0 aromatic heterocycles. The van der Waals surface area contributed by atoms with Crippen molar-refractivity contribution in [2.45, 2.75) is 90.1 Å². The zero-order valence-electron chi connectivity index (χ0n) is 14.4. The minimum absolute atomic E-state index is 0. The van der Waals surface area contributed by atoms with Gasteiger partial charge in [0.15, 0.2) is 0 Å². The molecule has 2 fully saturated rings. The summed E-state index contributed by atoms with van der Waals surface area (Å²) in [5.41, 5.74) is 11.3. The topological polar surface area (TPSA) is 127 Å². The number of hydrogen-bond donors (Lipinski definition) is 4. The zero-order chi connectivity index (χ0) is 17.4. The Bertz CT molecular complexity index is 243. The quantitative estimate of drug-likeness (QED) is 0.443. The maximum atomic E-state index is 9.00. The fourth-order valence-corrected chi connectivity index (χ4v) is 2.27. The van der Waals surface area contributed by atoms with Crippen LogP contribution in [0.2, 0.25) is 0 Å². The molecule has 0 aliphatic heterocycles. The van der Waals surface area contributed by atoms with E-state index in [-0.39, 0.29) is 20.4 Å². The average molecular weight is 425 g/mol. The first-order valence-corrected chi connectivity index (χ1v) is 8.16. The van der Waals surface area contributed by atoms with E-state index < -0.39 is 11.9 Å². The van der Waals surface area contributed by atoms with Gasteiger partial charge >= 0.3 is 0 Å². The summed E-state index contributed by atoms with van der Waals surface area (Å²) in [6.07, 6.45) is 13.3. The van der Waals surface area contributed by atoms with Crippen LogP contribution in [0.5, 0.6) is 0 Å². The van der Waals surface area contributed by atoms with Crippen LogP contribution in [0.25, 0.3) is 0 Å². The summed E-state index contributed by atoms with van der Waals surface area (Å²) in [7, 11) is 0. The number of hydrogen-bond acceptors (Lipinski definition) is 4. The second-order valence-corrected chi connectivity index (χ2v) is 5.83. The predicted octanol–water partition coefficient (Wildman–Crippen LogP) is 2.73. The third kappa shape index (κ3) is 34.0. The van der Waals surface area contributed by atoms with Crippen molar-refractivity contribution in [3.8, 4) is 0 Å². The molecule has 7 heteroatoms. The van der Waals surface area contributed by atoms with Crippen LogP contribution >= 0.6 is 0 Å². The van der Waals surface area contributed by atoms with Gasteiger partial charge in [0.05, 0.1) is 0 Å². The van der Waals surface area contributed by atoms with Crippen molar-refractivity contribution in [3.05, 3.63) is 0 Å². The normalized spacial score (nSPS) is 17.6. The average Bonchev–Trinajstić information content (AvgIpc) is 2.40. The van der Waals surface area contributed by atoms with E-state index >= 15 is 0 Å². The van der Waals surface area contributed by atoms with Crippen molar-refractivity contribution in [2.75, 3.05) is 0 Å². The van der Waals surface area contributed by atoms with E-state index in [4.69, 9.17) is 31.3 Å². The Labute approximate surface area is 154 Å². The van der Waals surface area contributed by atoms with Crippen LogP contribution < -0.4 is 11.5 Å². The van der Waals surface area contributed by atoms with Gasteiger partial charge < -0.3 is 21.7 Å². The molecule has 2 saturated carbocycles. The summed E-state index contributed by atoms with van der Waals surface area (Å²) in [4.78, 5) is 18.0. The third-order valence-electron chi connectivity index (χ3n) is 3.30. The molecule has 0 aromatic rings. The first-order valence-electron chi connectivity index (χ1n) is 8.16. The van der Waals surface area contributed by atoms with E-state index in [0.29, 0.717) is 12.1 Å². The molecule has 6 nitrogen and oxygen atoms in total. The Balaban J connectivity index is -0.000000238. The fourth-order valence-electron chi connectivity index (χ4n) is 2.27. The van der Waals surface area contributed by atoms with Gasteiger partial charge in [-0.3, -0.25) is 9.59 Å². The van der Waals surface area contributed by atoms with E-state index in [9.17, 15) is 0 Å². The van der Waals surface area contributed by atoms with E-state index in [2.05, 4.69) is 0 Å². The van der Waals surface area contributed by atoms with Crippen molar-refractivity contribution >= 4 is 11.9 Å². The standard InChI is InChI=1S/2C6H13N.2C2H4O2.Pd/c2*7-6-4-2-1-3-5-6;2*1-2(3)4;/h2*6H,1-5,7H2;2*1H3,(H,3,4);. The molecule has 6 N–H and O–H groups in total. The molecular weight excluding hydrogens is 391 g/mol. The van der Waals surface area contributed by atoms with Gasteiger partial charge in [-0.1, -0.05) is 38.5 Å². The van der Waals surface area contributed by atoms with Gasteiger partial charge in [-0.25, -0.2) is 0 Å². The van der Waals surface area contributed by atoms with E-state index in [1.807, 2.05) is 0 Å². The summed E-state index contributed by atoms with van der Waals surface area (Å²) in [6.45, 7) is 2.17. The van der Waals surface area contributed by atoms with E-state index in [0.717, 1.165) is 13.8 Å². The van der Waals surface area contributed by atoms with Crippen LogP contribution in [0.15, 0.2) is 0 Å². The first-order chi connectivity index (χ1) is 10.3. The zero-order valence-corrected chi connectivity index (χ0v) is 16.0. The number of carboxylic acids is 2. The Morgan fingerprint density at radius 3 is 0.957 bits per heavy atom. The number of aliphatic carboxylic acids is 2. The van der Waals surface area contributed by atoms with Gasteiger partial charge in [-0.05, 0) is 25.7 Å². The first kappa shape index (κ1) is 27.4. The Hall–Kier alpha value is -0.478. The van der Waals surface area contributed by atoms with E-state index in [1.54, 1.807) is 0 Å². The molecular formula is C16H34N2O4Pd. The van der Waals surface area contributed by atoms with Gasteiger partial charge in [0.25, 0.3) is 11.9 Å². The number of nitrogens with two attached hydrogens (primary N) is 2. The maximum absolute atomic E-state index is 9.00. The van der Waals surface area contributed by atoms with Crippen molar-refractivity contribution in [2.24, 2.45) is 11.5 Å². The van der Waals surface area contributed by atoms with E-state index in [1.165, 1.54) is 64.2 Å². The van der Waals surface area contributed by atoms with Crippen LogP contribution in [0.3, 0.4) is 0 Å². The SMILES string of the molecule is CC(=O)O.CC(=O)O.NC1CCCCC1.NC1CCCCC1.[Pd]. The summed E-state index contributed by atoms with van der Waals surface area (Å²) in [6, 6.07) is 1.07. The second-order valence-electron chi connectivity index (χ2n) is 5.83. The van der Waals surface area contributed by atoms with Crippen LogP contribution in [-0.4, -0.2) is 34.2 Å². The van der Waals surface area contributed by atoms with Crippen molar-refractivity contribution < 1.29 is 40.2 Å². The summed E-state index contributed by atoms with van der Waals surface area (Å²) < 4.78 is 0. The number of carboxylic acid groups (broad SMARTS) is 2. The Morgan fingerprint density at radius 2 is 0.870 bits per heavy atom. The van der Waals surface area contributed by atoms with Gasteiger partial charge in [-0.2, -0.15) is 0 Å². The molecule has 2 rings (SSSR count). The third-order valence-corrected chi connectivity index (χ3v) is 3.30. The molecule has 2 aliphatic rings. The molecule has 0 atom stereocenters. The number of carbonyl (C=O) groups is 2.